The molecule has 0 bridgehead atoms. The fourth-order valence-corrected chi connectivity index (χ4v) is 4.67. The molecule has 2 heterocycles. The van der Waals surface area contributed by atoms with Crippen LogP contribution in [0.5, 0.6) is 0 Å². The number of sulfonamides is 1. The lowest BCUT2D eigenvalue weighted by atomic mass is 10.4. The van der Waals surface area contributed by atoms with Crippen LogP contribution in [-0.2, 0) is 19.6 Å². The Morgan fingerprint density at radius 3 is 2.87 bits per heavy atom. The second-order valence-electron chi connectivity index (χ2n) is 5.38. The van der Waals surface area contributed by atoms with Crippen LogP contribution >= 0.6 is 11.3 Å². The Kier molecular flexibility index (Phi) is 6.14. The van der Waals surface area contributed by atoms with Gasteiger partial charge < -0.3 is 10.2 Å². The lowest BCUT2D eigenvalue weighted by Crippen LogP contribution is -2.39. The van der Waals surface area contributed by atoms with Gasteiger partial charge in [0.25, 0.3) is 10.0 Å². The molecule has 0 radical (unpaired) electrons. The smallest absolute Gasteiger partial charge is 0.252 e. The summed E-state index contributed by atoms with van der Waals surface area (Å²) in [6, 6.07) is 3.17. The minimum Gasteiger partial charge on any atom is -0.355 e. The van der Waals surface area contributed by atoms with Gasteiger partial charge in [0.2, 0.25) is 11.8 Å². The molecule has 0 spiro atoms. The van der Waals surface area contributed by atoms with E-state index >= 15 is 0 Å². The van der Waals surface area contributed by atoms with Crippen molar-refractivity contribution in [3.05, 3.63) is 17.5 Å². The number of likely N-dealkylation sites (tertiary alicyclic amines) is 1. The third kappa shape index (κ3) is 4.76. The van der Waals surface area contributed by atoms with Crippen LogP contribution in [0.15, 0.2) is 21.7 Å². The fraction of sp³-hybridized carbons (Fsp3) is 0.571. The van der Waals surface area contributed by atoms with Gasteiger partial charge in [0, 0.05) is 33.1 Å². The fourth-order valence-electron chi connectivity index (χ4n) is 2.35. The normalized spacial score (nSPS) is 15.4. The Labute approximate surface area is 140 Å². The first kappa shape index (κ1) is 17.9. The molecule has 7 nitrogen and oxygen atoms in total. The van der Waals surface area contributed by atoms with Gasteiger partial charge in [-0.05, 0) is 24.3 Å². The van der Waals surface area contributed by atoms with E-state index in [4.69, 9.17) is 0 Å². The molecule has 1 N–H and O–H groups in total. The zero-order chi connectivity index (χ0) is 16.9. The number of nitrogens with zero attached hydrogens (tertiary/aromatic N) is 2. The number of hydrogen-bond donors (Lipinski definition) is 1. The van der Waals surface area contributed by atoms with Crippen molar-refractivity contribution in [1.29, 1.82) is 0 Å². The molecule has 1 aromatic rings. The number of carbonyl (C=O) groups excluding carboxylic acids is 2. The lowest BCUT2D eigenvalue weighted by Gasteiger charge is -2.17. The minimum absolute atomic E-state index is 0.165. The van der Waals surface area contributed by atoms with Gasteiger partial charge in [0.15, 0.2) is 0 Å². The SMILES string of the molecule is CN(CC(=O)NCCCN1CCCC1=O)S(=O)(=O)c1cccs1. The first-order valence-electron chi connectivity index (χ1n) is 7.45. The number of carbonyl (C=O) groups is 2. The summed E-state index contributed by atoms with van der Waals surface area (Å²) >= 11 is 1.12. The van der Waals surface area contributed by atoms with Gasteiger partial charge in [-0.3, -0.25) is 9.59 Å². The monoisotopic (exact) mass is 359 g/mol. The summed E-state index contributed by atoms with van der Waals surface area (Å²) in [4.78, 5) is 25.1. The topological polar surface area (TPSA) is 86.8 Å². The van der Waals surface area contributed by atoms with Crippen LogP contribution < -0.4 is 5.32 Å². The van der Waals surface area contributed by atoms with Crippen LogP contribution in [0, 0.1) is 0 Å². The highest BCUT2D eigenvalue weighted by molar-refractivity contribution is 7.91. The van der Waals surface area contributed by atoms with E-state index in [1.54, 1.807) is 16.3 Å². The molecule has 1 aliphatic heterocycles. The largest absolute Gasteiger partial charge is 0.355 e. The highest BCUT2D eigenvalue weighted by Gasteiger charge is 2.24. The standard InChI is InChI=1S/C14H21N3O4S2/c1-16(23(20,21)14-6-3-10-22-14)11-12(18)15-7-4-9-17-8-2-5-13(17)19/h3,6,10H,2,4-5,7-9,11H2,1H3,(H,15,18). The van der Waals surface area contributed by atoms with Crippen molar-refractivity contribution in [2.45, 2.75) is 23.5 Å². The number of nitrogens with one attached hydrogen (secondary N) is 1. The molecule has 0 atom stereocenters. The molecule has 9 heteroatoms. The zero-order valence-corrected chi connectivity index (χ0v) is 14.7. The highest BCUT2D eigenvalue weighted by atomic mass is 32.2. The molecular weight excluding hydrogens is 338 g/mol. The molecule has 2 amide bonds. The van der Waals surface area contributed by atoms with E-state index in [0.29, 0.717) is 25.9 Å². The molecule has 1 fully saturated rings. The minimum atomic E-state index is -3.60. The van der Waals surface area contributed by atoms with E-state index in [1.165, 1.54) is 13.1 Å². The van der Waals surface area contributed by atoms with Crippen molar-refractivity contribution in [1.82, 2.24) is 14.5 Å². The maximum absolute atomic E-state index is 12.2. The van der Waals surface area contributed by atoms with Crippen molar-refractivity contribution >= 4 is 33.2 Å². The molecule has 128 valence electrons. The third-order valence-corrected chi connectivity index (χ3v) is 6.80. The molecule has 0 unspecified atom stereocenters. The second-order valence-corrected chi connectivity index (χ2v) is 8.60. The summed E-state index contributed by atoms with van der Waals surface area (Å²) in [7, 11) is -2.22. The van der Waals surface area contributed by atoms with Gasteiger partial charge in [-0.2, -0.15) is 4.31 Å². The van der Waals surface area contributed by atoms with Crippen molar-refractivity contribution in [2.24, 2.45) is 0 Å². The number of amides is 2. The first-order valence-corrected chi connectivity index (χ1v) is 9.77. The van der Waals surface area contributed by atoms with Crippen molar-refractivity contribution in [3.63, 3.8) is 0 Å². The second kappa shape index (κ2) is 7.89. The van der Waals surface area contributed by atoms with Crippen LogP contribution in [0.3, 0.4) is 0 Å². The Bertz CT molecular complexity index is 643. The van der Waals surface area contributed by atoms with Crippen LogP contribution in [0.2, 0.25) is 0 Å². The Morgan fingerprint density at radius 1 is 1.48 bits per heavy atom. The van der Waals surface area contributed by atoms with E-state index in [9.17, 15) is 18.0 Å². The molecule has 0 saturated carbocycles. The predicted octanol–water partition coefficient (Wildman–Crippen LogP) is 0.497. The maximum atomic E-state index is 12.2. The average Bonchev–Trinajstić information content (AvgIpc) is 3.15. The van der Waals surface area contributed by atoms with Gasteiger partial charge in [-0.15, -0.1) is 11.3 Å². The molecule has 0 aliphatic carbocycles. The number of rotatable bonds is 8. The summed E-state index contributed by atoms with van der Waals surface area (Å²) in [6.07, 6.45) is 2.17. The molecule has 2 rings (SSSR count). The Morgan fingerprint density at radius 2 is 2.26 bits per heavy atom. The summed E-state index contributed by atoms with van der Waals surface area (Å²) in [5.74, 6) is -0.182. The zero-order valence-electron chi connectivity index (χ0n) is 13.0. The molecule has 23 heavy (non-hydrogen) atoms. The van der Waals surface area contributed by atoms with Crippen LogP contribution in [0.4, 0.5) is 0 Å². The Hall–Kier alpha value is -1.45. The van der Waals surface area contributed by atoms with Crippen LogP contribution in [0.25, 0.3) is 0 Å². The maximum Gasteiger partial charge on any atom is 0.252 e. The molecule has 1 aliphatic rings. The van der Waals surface area contributed by atoms with E-state index in [2.05, 4.69) is 5.32 Å². The molecule has 1 aromatic heterocycles. The van der Waals surface area contributed by atoms with Gasteiger partial charge in [-0.1, -0.05) is 6.07 Å². The van der Waals surface area contributed by atoms with E-state index < -0.39 is 10.0 Å². The number of hydrogen-bond acceptors (Lipinski definition) is 5. The summed E-state index contributed by atoms with van der Waals surface area (Å²) < 4.78 is 25.6. The average molecular weight is 359 g/mol. The third-order valence-electron chi connectivity index (χ3n) is 3.62. The van der Waals surface area contributed by atoms with E-state index in [-0.39, 0.29) is 22.6 Å². The lowest BCUT2D eigenvalue weighted by molar-refractivity contribution is -0.127. The van der Waals surface area contributed by atoms with E-state index in [0.717, 1.165) is 28.6 Å². The van der Waals surface area contributed by atoms with Gasteiger partial charge in [0.05, 0.1) is 6.54 Å². The summed E-state index contributed by atoms with van der Waals surface area (Å²) in [5, 5.41) is 4.37. The first-order chi connectivity index (χ1) is 10.9. The predicted molar refractivity (Wildman–Crippen MR) is 87.6 cm³/mol. The van der Waals surface area contributed by atoms with Gasteiger partial charge in [-0.25, -0.2) is 8.42 Å². The van der Waals surface area contributed by atoms with Crippen molar-refractivity contribution in [2.75, 3.05) is 33.2 Å². The highest BCUT2D eigenvalue weighted by Crippen LogP contribution is 2.19. The van der Waals surface area contributed by atoms with E-state index in [1.807, 2.05) is 0 Å². The molecular formula is C14H21N3O4S2. The summed E-state index contributed by atoms with van der Waals surface area (Å²) in [5.41, 5.74) is 0. The van der Waals surface area contributed by atoms with Crippen LogP contribution in [0.1, 0.15) is 19.3 Å². The molecule has 0 aromatic carbocycles. The number of thiophene rings is 1. The van der Waals surface area contributed by atoms with Crippen molar-refractivity contribution < 1.29 is 18.0 Å². The summed E-state index contributed by atoms with van der Waals surface area (Å²) in [6.45, 7) is 1.62. The van der Waals surface area contributed by atoms with Crippen molar-refractivity contribution in [3.8, 4) is 0 Å². The number of likely N-dealkylation sites (N-methyl/N-ethyl adjacent to an activating group) is 1. The quantitative estimate of drug-likeness (QED) is 0.685. The molecule has 1 saturated heterocycles. The van der Waals surface area contributed by atoms with Gasteiger partial charge in [0.1, 0.15) is 4.21 Å². The van der Waals surface area contributed by atoms with Crippen LogP contribution in [-0.4, -0.2) is 62.7 Å². The Balaban J connectivity index is 1.71. The van der Waals surface area contributed by atoms with Gasteiger partial charge >= 0.3 is 0 Å².